The molecule has 0 aliphatic rings. The maximum atomic E-state index is 6.06. The van der Waals surface area contributed by atoms with Crippen LogP contribution in [-0.4, -0.2) is 18.2 Å². The first kappa shape index (κ1) is 14.9. The largest absolute Gasteiger partial charge is 0.394 e. The van der Waals surface area contributed by atoms with E-state index in [1.54, 1.807) is 0 Å². The lowest BCUT2D eigenvalue weighted by Crippen LogP contribution is -2.07. The summed E-state index contributed by atoms with van der Waals surface area (Å²) in [5.74, 6) is 0.403. The molecule has 0 aliphatic heterocycles. The van der Waals surface area contributed by atoms with E-state index in [-0.39, 0.29) is 0 Å². The molecule has 0 fully saturated rings. The standard InChI is InChI=1S/C16H15Cl2NO/c1-12-5-2-3-8-15(12)16(19-20-10-9-17)13-6-4-7-14(18)11-13/h2-8,11H,9-10H2,1H3/b19-16+. The predicted molar refractivity (Wildman–Crippen MR) is 84.9 cm³/mol. The Morgan fingerprint density at radius 1 is 1.15 bits per heavy atom. The lowest BCUT2D eigenvalue weighted by atomic mass is 9.98. The van der Waals surface area contributed by atoms with Crippen molar-refractivity contribution >= 4 is 28.9 Å². The van der Waals surface area contributed by atoms with Crippen molar-refractivity contribution in [3.8, 4) is 0 Å². The Hall–Kier alpha value is -1.51. The van der Waals surface area contributed by atoms with E-state index in [1.807, 2.05) is 55.5 Å². The third-order valence-corrected chi connectivity index (χ3v) is 3.21. The van der Waals surface area contributed by atoms with E-state index in [1.165, 1.54) is 0 Å². The van der Waals surface area contributed by atoms with Crippen molar-refractivity contribution in [2.75, 3.05) is 12.5 Å². The molecule has 0 radical (unpaired) electrons. The van der Waals surface area contributed by atoms with Crippen LogP contribution < -0.4 is 0 Å². The summed E-state index contributed by atoms with van der Waals surface area (Å²) in [4.78, 5) is 5.26. The second kappa shape index (κ2) is 7.32. The molecule has 2 aromatic carbocycles. The van der Waals surface area contributed by atoms with Crippen LogP contribution in [0.25, 0.3) is 0 Å². The van der Waals surface area contributed by atoms with Gasteiger partial charge in [-0.25, -0.2) is 0 Å². The van der Waals surface area contributed by atoms with Crippen molar-refractivity contribution in [2.24, 2.45) is 5.16 Å². The van der Waals surface area contributed by atoms with Crippen molar-refractivity contribution in [3.63, 3.8) is 0 Å². The molecule has 2 aromatic rings. The van der Waals surface area contributed by atoms with E-state index < -0.39 is 0 Å². The van der Waals surface area contributed by atoms with Gasteiger partial charge in [-0.2, -0.15) is 0 Å². The second-order valence-electron chi connectivity index (χ2n) is 4.29. The molecule has 0 heterocycles. The van der Waals surface area contributed by atoms with Crippen LogP contribution in [-0.2, 0) is 4.84 Å². The molecule has 0 bridgehead atoms. The molecule has 4 heteroatoms. The fraction of sp³-hybridized carbons (Fsp3) is 0.188. The number of hydrogen-bond donors (Lipinski definition) is 0. The van der Waals surface area contributed by atoms with E-state index in [4.69, 9.17) is 28.0 Å². The number of hydrogen-bond acceptors (Lipinski definition) is 2. The van der Waals surface area contributed by atoms with E-state index in [0.717, 1.165) is 22.4 Å². The molecule has 104 valence electrons. The maximum absolute atomic E-state index is 6.06. The van der Waals surface area contributed by atoms with Crippen LogP contribution >= 0.6 is 23.2 Å². The highest BCUT2D eigenvalue weighted by Gasteiger charge is 2.10. The smallest absolute Gasteiger partial charge is 0.130 e. The van der Waals surface area contributed by atoms with Gasteiger partial charge in [-0.05, 0) is 24.6 Å². The molecule has 2 nitrogen and oxygen atoms in total. The van der Waals surface area contributed by atoms with Crippen molar-refractivity contribution in [1.29, 1.82) is 0 Å². The monoisotopic (exact) mass is 307 g/mol. The lowest BCUT2D eigenvalue weighted by Gasteiger charge is -2.10. The number of nitrogens with zero attached hydrogens (tertiary/aromatic N) is 1. The molecule has 0 aromatic heterocycles. The number of aryl methyl sites for hydroxylation is 1. The van der Waals surface area contributed by atoms with E-state index >= 15 is 0 Å². The minimum absolute atomic E-state index is 0.373. The van der Waals surface area contributed by atoms with Gasteiger partial charge in [-0.3, -0.25) is 0 Å². The van der Waals surface area contributed by atoms with Gasteiger partial charge < -0.3 is 4.84 Å². The Labute approximate surface area is 129 Å². The van der Waals surface area contributed by atoms with Crippen LogP contribution in [0, 0.1) is 6.92 Å². The third kappa shape index (κ3) is 3.75. The summed E-state index contributed by atoms with van der Waals surface area (Å²) in [6.45, 7) is 2.41. The highest BCUT2D eigenvalue weighted by molar-refractivity contribution is 6.31. The van der Waals surface area contributed by atoms with Gasteiger partial charge in [0, 0.05) is 16.1 Å². The van der Waals surface area contributed by atoms with E-state index in [2.05, 4.69) is 5.16 Å². The minimum Gasteiger partial charge on any atom is -0.394 e. The van der Waals surface area contributed by atoms with Crippen LogP contribution in [0.5, 0.6) is 0 Å². The molecular weight excluding hydrogens is 293 g/mol. The Bertz CT molecular complexity index is 611. The summed E-state index contributed by atoms with van der Waals surface area (Å²) in [7, 11) is 0. The number of benzene rings is 2. The Kier molecular flexibility index (Phi) is 5.45. The summed E-state index contributed by atoms with van der Waals surface area (Å²) in [6.07, 6.45) is 0. The maximum Gasteiger partial charge on any atom is 0.130 e. The predicted octanol–water partition coefficient (Wildman–Crippen LogP) is 4.66. The van der Waals surface area contributed by atoms with Crippen molar-refractivity contribution in [3.05, 3.63) is 70.2 Å². The van der Waals surface area contributed by atoms with Gasteiger partial charge in [0.2, 0.25) is 0 Å². The third-order valence-electron chi connectivity index (χ3n) is 2.82. The lowest BCUT2D eigenvalue weighted by molar-refractivity contribution is 0.161. The van der Waals surface area contributed by atoms with Crippen molar-refractivity contribution in [2.45, 2.75) is 6.92 Å². The fourth-order valence-electron chi connectivity index (χ4n) is 1.88. The average molecular weight is 308 g/mol. The fourth-order valence-corrected chi connectivity index (χ4v) is 2.14. The first-order valence-electron chi connectivity index (χ1n) is 6.30. The topological polar surface area (TPSA) is 21.6 Å². The highest BCUT2D eigenvalue weighted by Crippen LogP contribution is 2.18. The van der Waals surface area contributed by atoms with Crippen LogP contribution in [0.2, 0.25) is 5.02 Å². The van der Waals surface area contributed by atoms with E-state index in [9.17, 15) is 0 Å². The zero-order valence-electron chi connectivity index (χ0n) is 11.1. The summed E-state index contributed by atoms with van der Waals surface area (Å²) in [6, 6.07) is 15.6. The van der Waals surface area contributed by atoms with Gasteiger partial charge in [-0.1, -0.05) is 53.2 Å². The van der Waals surface area contributed by atoms with Crippen LogP contribution in [0.3, 0.4) is 0 Å². The molecule has 0 aliphatic carbocycles. The Morgan fingerprint density at radius 3 is 2.65 bits per heavy atom. The molecule has 0 atom stereocenters. The zero-order valence-corrected chi connectivity index (χ0v) is 12.7. The Balaban J connectivity index is 2.45. The van der Waals surface area contributed by atoms with E-state index in [0.29, 0.717) is 17.5 Å². The van der Waals surface area contributed by atoms with Gasteiger partial charge in [-0.15, -0.1) is 11.6 Å². The van der Waals surface area contributed by atoms with Crippen molar-refractivity contribution < 1.29 is 4.84 Å². The Morgan fingerprint density at radius 2 is 1.95 bits per heavy atom. The van der Waals surface area contributed by atoms with Gasteiger partial charge in [0.1, 0.15) is 12.3 Å². The first-order valence-corrected chi connectivity index (χ1v) is 7.21. The zero-order chi connectivity index (χ0) is 14.4. The second-order valence-corrected chi connectivity index (χ2v) is 5.10. The summed E-state index contributed by atoms with van der Waals surface area (Å²) >= 11 is 11.7. The number of halogens is 2. The minimum atomic E-state index is 0.373. The number of oxime groups is 1. The SMILES string of the molecule is Cc1ccccc1/C(=N/OCCCl)c1cccc(Cl)c1. The van der Waals surface area contributed by atoms with Crippen LogP contribution in [0.15, 0.2) is 53.7 Å². The molecule has 20 heavy (non-hydrogen) atoms. The quantitative estimate of drug-likeness (QED) is 0.341. The molecular formula is C16H15Cl2NO. The van der Waals surface area contributed by atoms with Gasteiger partial charge in [0.05, 0.1) is 5.88 Å². The molecule has 0 unspecified atom stereocenters. The molecule has 0 saturated heterocycles. The highest BCUT2D eigenvalue weighted by atomic mass is 35.5. The van der Waals surface area contributed by atoms with Gasteiger partial charge >= 0.3 is 0 Å². The molecule has 0 saturated carbocycles. The molecule has 0 spiro atoms. The number of alkyl halides is 1. The summed E-state index contributed by atoms with van der Waals surface area (Å²) in [5.41, 5.74) is 3.82. The van der Waals surface area contributed by atoms with Crippen LogP contribution in [0.4, 0.5) is 0 Å². The molecule has 0 amide bonds. The molecule has 2 rings (SSSR count). The normalized spacial score (nSPS) is 11.4. The summed E-state index contributed by atoms with van der Waals surface area (Å²) in [5, 5.41) is 4.90. The van der Waals surface area contributed by atoms with Crippen LogP contribution in [0.1, 0.15) is 16.7 Å². The van der Waals surface area contributed by atoms with Gasteiger partial charge in [0.15, 0.2) is 0 Å². The summed E-state index contributed by atoms with van der Waals surface area (Å²) < 4.78 is 0. The van der Waals surface area contributed by atoms with Gasteiger partial charge in [0.25, 0.3) is 0 Å². The van der Waals surface area contributed by atoms with Crippen molar-refractivity contribution in [1.82, 2.24) is 0 Å². The molecule has 0 N–H and O–H groups in total. The first-order chi connectivity index (χ1) is 9.72. The number of rotatable bonds is 5. The average Bonchev–Trinajstić information content (AvgIpc) is 2.45.